The highest BCUT2D eigenvalue weighted by Gasteiger charge is 2.12. The second-order valence-corrected chi connectivity index (χ2v) is 2.53. The van der Waals surface area contributed by atoms with Crippen molar-refractivity contribution in [1.82, 2.24) is 20.3 Å². The summed E-state index contributed by atoms with van der Waals surface area (Å²) in [5.41, 5.74) is 1.72. The van der Waals surface area contributed by atoms with E-state index < -0.39 is 0 Å². The van der Waals surface area contributed by atoms with Gasteiger partial charge < -0.3 is 4.52 Å². The number of nitrogens with one attached hydrogen (secondary N) is 1. The van der Waals surface area contributed by atoms with Gasteiger partial charge >= 0.3 is 0 Å². The molecule has 0 amide bonds. The highest BCUT2D eigenvalue weighted by atomic mass is 16.5. The average molecular weight is 164 g/mol. The molecule has 5 heteroatoms. The molecular formula is C7H8N4O. The number of nitrogens with zero attached hydrogens (tertiary/aromatic N) is 3. The van der Waals surface area contributed by atoms with E-state index >= 15 is 0 Å². The lowest BCUT2D eigenvalue weighted by atomic mass is 10.2. The maximum absolute atomic E-state index is 4.98. The second-order valence-electron chi connectivity index (χ2n) is 2.53. The van der Waals surface area contributed by atoms with Crippen LogP contribution in [0.15, 0.2) is 10.9 Å². The lowest BCUT2D eigenvalue weighted by Gasteiger charge is -1.90. The molecule has 0 unspecified atom stereocenters. The van der Waals surface area contributed by atoms with Gasteiger partial charge in [0, 0.05) is 0 Å². The largest absolute Gasteiger partial charge is 0.361 e. The standard InChI is InChI=1S/C7H8N4O/c1-4-6(5(2)12-11-4)7-8-3-9-10-7/h3H,1-2H3,(H,8,9,10). The minimum absolute atomic E-state index is 0.700. The summed E-state index contributed by atoms with van der Waals surface area (Å²) >= 11 is 0. The number of rotatable bonds is 1. The van der Waals surface area contributed by atoms with Crippen molar-refractivity contribution in [3.8, 4) is 11.4 Å². The van der Waals surface area contributed by atoms with Crippen molar-refractivity contribution in [2.45, 2.75) is 13.8 Å². The number of hydrogen-bond acceptors (Lipinski definition) is 4. The van der Waals surface area contributed by atoms with Gasteiger partial charge in [0.1, 0.15) is 12.1 Å². The van der Waals surface area contributed by atoms with Crippen molar-refractivity contribution in [2.24, 2.45) is 0 Å². The average Bonchev–Trinajstić information content (AvgIpc) is 2.61. The Hall–Kier alpha value is -1.65. The molecule has 2 aromatic heterocycles. The normalized spacial score (nSPS) is 10.5. The molecule has 2 heterocycles. The lowest BCUT2D eigenvalue weighted by Crippen LogP contribution is -1.83. The minimum atomic E-state index is 0.700. The van der Waals surface area contributed by atoms with Crippen molar-refractivity contribution in [3.05, 3.63) is 17.8 Å². The topological polar surface area (TPSA) is 67.6 Å². The van der Waals surface area contributed by atoms with E-state index in [-0.39, 0.29) is 0 Å². The van der Waals surface area contributed by atoms with Crippen LogP contribution in [-0.4, -0.2) is 20.3 Å². The third kappa shape index (κ3) is 0.903. The van der Waals surface area contributed by atoms with E-state index in [1.807, 2.05) is 13.8 Å². The van der Waals surface area contributed by atoms with Crippen LogP contribution in [0.4, 0.5) is 0 Å². The molecule has 0 fully saturated rings. The molecule has 0 aliphatic rings. The van der Waals surface area contributed by atoms with Crippen molar-refractivity contribution in [1.29, 1.82) is 0 Å². The Bertz CT molecular complexity index is 357. The summed E-state index contributed by atoms with van der Waals surface area (Å²) in [6.07, 6.45) is 1.46. The van der Waals surface area contributed by atoms with Gasteiger partial charge in [-0.3, -0.25) is 5.10 Å². The Morgan fingerprint density at radius 1 is 1.42 bits per heavy atom. The van der Waals surface area contributed by atoms with Crippen LogP contribution in [0.3, 0.4) is 0 Å². The fraction of sp³-hybridized carbons (Fsp3) is 0.286. The van der Waals surface area contributed by atoms with E-state index in [0.29, 0.717) is 5.82 Å². The van der Waals surface area contributed by atoms with Gasteiger partial charge in [-0.1, -0.05) is 5.16 Å². The van der Waals surface area contributed by atoms with Gasteiger partial charge in [-0.05, 0) is 13.8 Å². The van der Waals surface area contributed by atoms with Crippen LogP contribution in [0.5, 0.6) is 0 Å². The first-order chi connectivity index (χ1) is 5.79. The van der Waals surface area contributed by atoms with E-state index in [4.69, 9.17) is 4.52 Å². The molecule has 0 saturated heterocycles. The smallest absolute Gasteiger partial charge is 0.160 e. The Labute approximate surface area is 68.8 Å². The summed E-state index contributed by atoms with van der Waals surface area (Å²) in [7, 11) is 0. The highest BCUT2D eigenvalue weighted by Crippen LogP contribution is 2.21. The zero-order valence-electron chi connectivity index (χ0n) is 6.83. The van der Waals surface area contributed by atoms with Crippen LogP contribution >= 0.6 is 0 Å². The third-order valence-electron chi connectivity index (χ3n) is 1.69. The number of hydrogen-bond donors (Lipinski definition) is 1. The molecule has 0 radical (unpaired) electrons. The van der Waals surface area contributed by atoms with Crippen LogP contribution in [0, 0.1) is 13.8 Å². The Morgan fingerprint density at radius 3 is 2.75 bits per heavy atom. The highest BCUT2D eigenvalue weighted by molar-refractivity contribution is 5.59. The molecule has 2 aromatic rings. The van der Waals surface area contributed by atoms with Gasteiger partial charge in [0.15, 0.2) is 5.82 Å². The zero-order chi connectivity index (χ0) is 8.55. The van der Waals surface area contributed by atoms with E-state index in [1.54, 1.807) is 0 Å². The molecule has 0 spiro atoms. The number of H-pyrrole nitrogens is 1. The molecule has 0 aliphatic carbocycles. The molecule has 12 heavy (non-hydrogen) atoms. The van der Waals surface area contributed by atoms with Crippen LogP contribution in [0.25, 0.3) is 11.4 Å². The van der Waals surface area contributed by atoms with Crippen molar-refractivity contribution in [2.75, 3.05) is 0 Å². The van der Waals surface area contributed by atoms with Gasteiger partial charge in [0.25, 0.3) is 0 Å². The quantitative estimate of drug-likeness (QED) is 0.684. The Morgan fingerprint density at radius 2 is 2.25 bits per heavy atom. The summed E-state index contributed by atoms with van der Waals surface area (Å²) in [6.45, 7) is 3.71. The van der Waals surface area contributed by atoms with Crippen LogP contribution < -0.4 is 0 Å². The Kier molecular flexibility index (Phi) is 1.43. The summed E-state index contributed by atoms with van der Waals surface area (Å²) in [5.74, 6) is 1.45. The van der Waals surface area contributed by atoms with Crippen LogP contribution in [-0.2, 0) is 0 Å². The third-order valence-corrected chi connectivity index (χ3v) is 1.69. The van der Waals surface area contributed by atoms with E-state index in [0.717, 1.165) is 17.0 Å². The first kappa shape index (κ1) is 7.02. The maximum atomic E-state index is 4.98. The number of aromatic amines is 1. The van der Waals surface area contributed by atoms with Crippen molar-refractivity contribution < 1.29 is 4.52 Å². The second kappa shape index (κ2) is 2.44. The molecule has 1 N–H and O–H groups in total. The zero-order valence-corrected chi connectivity index (χ0v) is 6.83. The molecule has 5 nitrogen and oxygen atoms in total. The first-order valence-corrected chi connectivity index (χ1v) is 3.57. The minimum Gasteiger partial charge on any atom is -0.361 e. The summed E-state index contributed by atoms with van der Waals surface area (Å²) < 4.78 is 4.98. The predicted octanol–water partition coefficient (Wildman–Crippen LogP) is 1.08. The summed E-state index contributed by atoms with van der Waals surface area (Å²) in [6, 6.07) is 0. The molecule has 0 bridgehead atoms. The Balaban J connectivity index is 2.60. The van der Waals surface area contributed by atoms with E-state index in [1.165, 1.54) is 6.33 Å². The summed E-state index contributed by atoms with van der Waals surface area (Å²) in [5, 5.41) is 10.3. The van der Waals surface area contributed by atoms with Crippen molar-refractivity contribution >= 4 is 0 Å². The molecule has 62 valence electrons. The fourth-order valence-corrected chi connectivity index (χ4v) is 1.15. The molecule has 0 aliphatic heterocycles. The summed E-state index contributed by atoms with van der Waals surface area (Å²) in [4.78, 5) is 4.01. The fourth-order valence-electron chi connectivity index (χ4n) is 1.15. The van der Waals surface area contributed by atoms with E-state index in [2.05, 4.69) is 20.3 Å². The predicted molar refractivity (Wildman–Crippen MR) is 41.4 cm³/mol. The molecule has 0 saturated carbocycles. The van der Waals surface area contributed by atoms with Gasteiger partial charge in [-0.15, -0.1) is 0 Å². The van der Waals surface area contributed by atoms with Gasteiger partial charge in [0.05, 0.1) is 11.3 Å². The number of aromatic nitrogens is 4. The van der Waals surface area contributed by atoms with Gasteiger partial charge in [-0.25, -0.2) is 4.98 Å². The SMILES string of the molecule is Cc1noc(C)c1-c1ncn[nH]1. The monoisotopic (exact) mass is 164 g/mol. The van der Waals surface area contributed by atoms with Gasteiger partial charge in [0.2, 0.25) is 0 Å². The number of aryl methyl sites for hydroxylation is 2. The first-order valence-electron chi connectivity index (χ1n) is 3.57. The molecule has 0 aromatic carbocycles. The molecule has 2 rings (SSSR count). The van der Waals surface area contributed by atoms with Gasteiger partial charge in [-0.2, -0.15) is 5.10 Å². The molecular weight excluding hydrogens is 156 g/mol. The van der Waals surface area contributed by atoms with Crippen LogP contribution in [0.2, 0.25) is 0 Å². The maximum Gasteiger partial charge on any atom is 0.160 e. The van der Waals surface area contributed by atoms with Crippen molar-refractivity contribution in [3.63, 3.8) is 0 Å². The molecule has 0 atom stereocenters. The van der Waals surface area contributed by atoms with E-state index in [9.17, 15) is 0 Å². The van der Waals surface area contributed by atoms with Crippen LogP contribution in [0.1, 0.15) is 11.5 Å². The lowest BCUT2D eigenvalue weighted by molar-refractivity contribution is 0.393.